The molecule has 0 saturated carbocycles. The second-order valence-corrected chi connectivity index (χ2v) is 8.36. The van der Waals surface area contributed by atoms with Gasteiger partial charge in [-0.15, -0.1) is 0 Å². The van der Waals surface area contributed by atoms with Crippen molar-refractivity contribution < 1.29 is 4.74 Å². The number of aromatic nitrogens is 2. The fourth-order valence-corrected chi connectivity index (χ4v) is 4.80. The Hall–Kier alpha value is -2.85. The maximum absolute atomic E-state index is 9.68. The Bertz CT molecular complexity index is 949. The van der Waals surface area contributed by atoms with Gasteiger partial charge in [-0.25, -0.2) is 9.97 Å². The molecular formula is C23H28N6O. The van der Waals surface area contributed by atoms with E-state index in [-0.39, 0.29) is 6.04 Å². The Morgan fingerprint density at radius 3 is 2.87 bits per heavy atom. The highest BCUT2D eigenvalue weighted by Crippen LogP contribution is 2.29. The fraction of sp³-hybridized carbons (Fsp3) is 0.522. The first-order chi connectivity index (χ1) is 14.8. The van der Waals surface area contributed by atoms with E-state index < -0.39 is 0 Å². The first-order valence-corrected chi connectivity index (χ1v) is 11.0. The van der Waals surface area contributed by atoms with Crippen molar-refractivity contribution in [3.05, 3.63) is 41.2 Å². The highest BCUT2D eigenvalue weighted by atomic mass is 16.5. The van der Waals surface area contributed by atoms with E-state index in [0.717, 1.165) is 83.1 Å². The van der Waals surface area contributed by atoms with E-state index in [2.05, 4.69) is 44.4 Å². The zero-order valence-electron chi connectivity index (χ0n) is 17.3. The number of hydrogen-bond acceptors (Lipinski definition) is 7. The Morgan fingerprint density at radius 1 is 1.10 bits per heavy atom. The van der Waals surface area contributed by atoms with E-state index in [1.54, 1.807) is 0 Å². The molecule has 2 saturated heterocycles. The third kappa shape index (κ3) is 3.92. The van der Waals surface area contributed by atoms with Crippen LogP contribution in [0.25, 0.3) is 0 Å². The monoisotopic (exact) mass is 404 g/mol. The first kappa shape index (κ1) is 19.1. The molecule has 3 aliphatic rings. The van der Waals surface area contributed by atoms with Crippen molar-refractivity contribution >= 4 is 17.3 Å². The van der Waals surface area contributed by atoms with Crippen molar-refractivity contribution in [1.82, 2.24) is 9.97 Å². The fourth-order valence-electron chi connectivity index (χ4n) is 4.80. The molecule has 1 atom stereocenters. The summed E-state index contributed by atoms with van der Waals surface area (Å²) in [6, 6.07) is 8.93. The van der Waals surface area contributed by atoms with Crippen LogP contribution in [-0.2, 0) is 17.6 Å². The van der Waals surface area contributed by atoms with Gasteiger partial charge in [0.15, 0.2) is 0 Å². The quantitative estimate of drug-likeness (QED) is 0.839. The van der Waals surface area contributed by atoms with Gasteiger partial charge in [0.1, 0.15) is 17.7 Å². The minimum absolute atomic E-state index is 0.285. The maximum atomic E-state index is 9.68. The SMILES string of the molecule is N#Cc1cc2c(nc1N1CCC[C@@H](Nc3cc(N4CCOCC4)ccn3)C1)CCC2. The molecule has 0 radical (unpaired) electrons. The number of aryl methyl sites for hydroxylation is 2. The average molecular weight is 405 g/mol. The Balaban J connectivity index is 1.30. The normalized spacial score (nSPS) is 21.2. The Kier molecular flexibility index (Phi) is 5.41. The number of nitrogens with one attached hydrogen (secondary N) is 1. The van der Waals surface area contributed by atoms with Crippen molar-refractivity contribution in [3.8, 4) is 6.07 Å². The maximum Gasteiger partial charge on any atom is 0.146 e. The smallest absolute Gasteiger partial charge is 0.146 e. The van der Waals surface area contributed by atoms with E-state index in [1.807, 2.05) is 6.20 Å². The predicted octanol–water partition coefficient (Wildman–Crippen LogP) is 2.75. The summed E-state index contributed by atoms with van der Waals surface area (Å²) in [5.41, 5.74) is 4.34. The number of ether oxygens (including phenoxy) is 1. The molecule has 0 bridgehead atoms. The van der Waals surface area contributed by atoms with Crippen LogP contribution in [-0.4, -0.2) is 55.4 Å². The number of anilines is 3. The Labute approximate surface area is 177 Å². The third-order valence-electron chi connectivity index (χ3n) is 6.34. The largest absolute Gasteiger partial charge is 0.378 e. The molecule has 1 aliphatic carbocycles. The second kappa shape index (κ2) is 8.49. The summed E-state index contributed by atoms with van der Waals surface area (Å²) < 4.78 is 5.47. The van der Waals surface area contributed by atoms with Crippen LogP contribution in [0.3, 0.4) is 0 Å². The van der Waals surface area contributed by atoms with Gasteiger partial charge in [-0.3, -0.25) is 0 Å². The van der Waals surface area contributed by atoms with Crippen molar-refractivity contribution in [1.29, 1.82) is 5.26 Å². The summed E-state index contributed by atoms with van der Waals surface area (Å²) in [4.78, 5) is 14.1. The predicted molar refractivity (Wildman–Crippen MR) is 117 cm³/mol. The summed E-state index contributed by atoms with van der Waals surface area (Å²) in [5.74, 6) is 1.77. The number of nitriles is 1. The molecule has 2 fully saturated rings. The number of nitrogens with zero attached hydrogens (tertiary/aromatic N) is 5. The lowest BCUT2D eigenvalue weighted by Gasteiger charge is -2.35. The molecule has 2 aromatic rings. The lowest BCUT2D eigenvalue weighted by molar-refractivity contribution is 0.122. The highest BCUT2D eigenvalue weighted by Gasteiger charge is 2.25. The van der Waals surface area contributed by atoms with Gasteiger partial charge in [0.2, 0.25) is 0 Å². The van der Waals surface area contributed by atoms with E-state index >= 15 is 0 Å². The summed E-state index contributed by atoms with van der Waals surface area (Å²) in [7, 11) is 0. The summed E-state index contributed by atoms with van der Waals surface area (Å²) in [6.07, 6.45) is 7.27. The number of morpholine rings is 1. The van der Waals surface area contributed by atoms with Crippen LogP contribution in [0.15, 0.2) is 24.4 Å². The number of piperidine rings is 1. The van der Waals surface area contributed by atoms with Crippen molar-refractivity contribution in [2.24, 2.45) is 0 Å². The van der Waals surface area contributed by atoms with Crippen molar-refractivity contribution in [3.63, 3.8) is 0 Å². The zero-order valence-corrected chi connectivity index (χ0v) is 17.3. The van der Waals surface area contributed by atoms with Crippen molar-refractivity contribution in [2.45, 2.75) is 38.1 Å². The second-order valence-electron chi connectivity index (χ2n) is 8.36. The van der Waals surface area contributed by atoms with E-state index in [0.29, 0.717) is 5.56 Å². The van der Waals surface area contributed by atoms with Crippen LogP contribution >= 0.6 is 0 Å². The zero-order chi connectivity index (χ0) is 20.3. The van der Waals surface area contributed by atoms with Gasteiger partial charge in [-0.1, -0.05) is 0 Å². The van der Waals surface area contributed by atoms with Gasteiger partial charge in [0.25, 0.3) is 0 Å². The van der Waals surface area contributed by atoms with Gasteiger partial charge < -0.3 is 19.9 Å². The molecule has 0 amide bonds. The molecule has 4 heterocycles. The minimum atomic E-state index is 0.285. The van der Waals surface area contributed by atoms with Gasteiger partial charge >= 0.3 is 0 Å². The van der Waals surface area contributed by atoms with Crippen LogP contribution in [0.2, 0.25) is 0 Å². The highest BCUT2D eigenvalue weighted by molar-refractivity contribution is 5.58. The van der Waals surface area contributed by atoms with Gasteiger partial charge in [-0.2, -0.15) is 5.26 Å². The number of fused-ring (bicyclic) bond motifs is 1. The number of rotatable bonds is 4. The van der Waals surface area contributed by atoms with E-state index in [1.165, 1.54) is 16.9 Å². The van der Waals surface area contributed by atoms with Crippen LogP contribution in [0.4, 0.5) is 17.3 Å². The summed E-state index contributed by atoms with van der Waals surface area (Å²) >= 11 is 0. The Morgan fingerprint density at radius 2 is 2.00 bits per heavy atom. The van der Waals surface area contributed by atoms with Crippen LogP contribution < -0.4 is 15.1 Å². The van der Waals surface area contributed by atoms with Gasteiger partial charge in [0.05, 0.1) is 18.8 Å². The lowest BCUT2D eigenvalue weighted by atomic mass is 10.0. The molecular weight excluding hydrogens is 376 g/mol. The molecule has 0 unspecified atom stereocenters. The summed E-state index contributed by atoms with van der Waals surface area (Å²) in [6.45, 7) is 5.17. The lowest BCUT2D eigenvalue weighted by Crippen LogP contribution is -2.43. The summed E-state index contributed by atoms with van der Waals surface area (Å²) in [5, 5.41) is 13.3. The molecule has 5 rings (SSSR count). The standard InChI is InChI=1S/C23H28N6O/c24-15-18-13-17-3-1-5-21(17)27-23(18)29-8-2-4-19(16-29)26-22-14-20(6-7-25-22)28-9-11-30-12-10-28/h6-7,13-14,19H,1-5,8-12,16H2,(H,25,26)/t19-/m1/s1. The molecule has 7 nitrogen and oxygen atoms in total. The molecule has 0 aromatic carbocycles. The average Bonchev–Trinajstić information content (AvgIpc) is 3.27. The molecule has 7 heteroatoms. The van der Waals surface area contributed by atoms with Gasteiger partial charge in [0, 0.05) is 55.9 Å². The van der Waals surface area contributed by atoms with Crippen LogP contribution in [0, 0.1) is 11.3 Å². The minimum Gasteiger partial charge on any atom is -0.378 e. The third-order valence-corrected chi connectivity index (χ3v) is 6.34. The van der Waals surface area contributed by atoms with E-state index in [4.69, 9.17) is 9.72 Å². The molecule has 30 heavy (non-hydrogen) atoms. The van der Waals surface area contributed by atoms with Crippen LogP contribution in [0.5, 0.6) is 0 Å². The molecule has 1 N–H and O–H groups in total. The van der Waals surface area contributed by atoms with Crippen LogP contribution in [0.1, 0.15) is 36.1 Å². The molecule has 156 valence electrons. The first-order valence-electron chi connectivity index (χ1n) is 11.0. The molecule has 2 aromatic heterocycles. The number of pyridine rings is 2. The molecule has 2 aliphatic heterocycles. The topological polar surface area (TPSA) is 77.3 Å². The van der Waals surface area contributed by atoms with Gasteiger partial charge in [-0.05, 0) is 49.8 Å². The van der Waals surface area contributed by atoms with E-state index in [9.17, 15) is 5.26 Å². The number of hydrogen-bond donors (Lipinski definition) is 1. The van der Waals surface area contributed by atoms with Crippen molar-refractivity contribution in [2.75, 3.05) is 54.5 Å². The molecule has 0 spiro atoms.